The van der Waals surface area contributed by atoms with E-state index in [0.29, 0.717) is 28.0 Å². The zero-order chi connectivity index (χ0) is 18.5. The van der Waals surface area contributed by atoms with E-state index in [-0.39, 0.29) is 12.3 Å². The summed E-state index contributed by atoms with van der Waals surface area (Å²) in [7, 11) is 0. The third-order valence-electron chi connectivity index (χ3n) is 3.51. The van der Waals surface area contributed by atoms with Gasteiger partial charge in [-0.15, -0.1) is 11.3 Å². The number of benzene rings is 2. The van der Waals surface area contributed by atoms with Crippen molar-refractivity contribution in [2.75, 3.05) is 11.9 Å². The van der Waals surface area contributed by atoms with Crippen LogP contribution in [-0.2, 0) is 11.2 Å². The van der Waals surface area contributed by atoms with E-state index in [9.17, 15) is 4.79 Å². The Morgan fingerprint density at radius 2 is 1.96 bits per heavy atom. The van der Waals surface area contributed by atoms with Gasteiger partial charge in [-0.1, -0.05) is 23.2 Å². The highest BCUT2D eigenvalue weighted by Gasteiger charge is 2.11. The van der Waals surface area contributed by atoms with E-state index < -0.39 is 0 Å². The molecule has 0 aliphatic heterocycles. The average Bonchev–Trinajstić information content (AvgIpc) is 3.07. The number of hydrogen-bond donors (Lipinski definition) is 1. The van der Waals surface area contributed by atoms with Crippen LogP contribution in [0.3, 0.4) is 0 Å². The molecule has 1 heterocycles. The van der Waals surface area contributed by atoms with Gasteiger partial charge in [-0.25, -0.2) is 4.98 Å². The van der Waals surface area contributed by atoms with Crippen LogP contribution in [0.2, 0.25) is 10.0 Å². The number of anilines is 1. The molecule has 4 nitrogen and oxygen atoms in total. The van der Waals surface area contributed by atoms with Gasteiger partial charge in [0.2, 0.25) is 5.91 Å². The molecule has 0 saturated carbocycles. The highest BCUT2D eigenvalue weighted by Crippen LogP contribution is 2.27. The lowest BCUT2D eigenvalue weighted by atomic mass is 10.2. The number of carbonyl (C=O) groups excluding carboxylic acids is 1. The summed E-state index contributed by atoms with van der Waals surface area (Å²) in [4.78, 5) is 16.8. The van der Waals surface area contributed by atoms with E-state index in [1.807, 2.05) is 36.6 Å². The van der Waals surface area contributed by atoms with Crippen LogP contribution in [0.5, 0.6) is 5.75 Å². The lowest BCUT2D eigenvalue weighted by Crippen LogP contribution is -2.14. The number of halogens is 2. The minimum absolute atomic E-state index is 0.173. The standard InChI is InChI=1S/C19H16Cl2N2O2S/c1-2-25-15-6-3-12(4-7-15)19-22-14(11-26-19)10-18(24)23-17-8-5-13(20)9-16(17)21/h3-9,11H,2,10H2,1H3,(H,23,24). The van der Waals surface area contributed by atoms with Crippen LogP contribution in [-0.4, -0.2) is 17.5 Å². The van der Waals surface area contributed by atoms with E-state index in [0.717, 1.165) is 16.3 Å². The van der Waals surface area contributed by atoms with E-state index in [1.54, 1.807) is 18.2 Å². The van der Waals surface area contributed by atoms with Gasteiger partial charge in [0.1, 0.15) is 10.8 Å². The molecule has 0 fully saturated rings. The van der Waals surface area contributed by atoms with Crippen molar-refractivity contribution in [1.82, 2.24) is 4.98 Å². The molecule has 0 radical (unpaired) electrons. The van der Waals surface area contributed by atoms with Crippen molar-refractivity contribution in [2.24, 2.45) is 0 Å². The van der Waals surface area contributed by atoms with Crippen molar-refractivity contribution in [3.8, 4) is 16.3 Å². The second-order valence-electron chi connectivity index (χ2n) is 5.45. The second kappa shape index (κ2) is 8.54. The zero-order valence-corrected chi connectivity index (χ0v) is 16.3. The maximum atomic E-state index is 12.2. The lowest BCUT2D eigenvalue weighted by Gasteiger charge is -2.06. The van der Waals surface area contributed by atoms with Gasteiger partial charge in [0.05, 0.1) is 29.4 Å². The Bertz CT molecular complexity index is 910. The molecular weight excluding hydrogens is 391 g/mol. The van der Waals surface area contributed by atoms with Gasteiger partial charge in [0.15, 0.2) is 0 Å². The molecule has 7 heteroatoms. The first-order valence-corrected chi connectivity index (χ1v) is 9.61. The van der Waals surface area contributed by atoms with Crippen molar-refractivity contribution in [2.45, 2.75) is 13.3 Å². The van der Waals surface area contributed by atoms with Crippen molar-refractivity contribution in [3.05, 3.63) is 63.6 Å². The summed E-state index contributed by atoms with van der Waals surface area (Å²) in [5.41, 5.74) is 2.23. The Balaban J connectivity index is 1.65. The van der Waals surface area contributed by atoms with Gasteiger partial charge in [-0.05, 0) is 49.4 Å². The number of thiazole rings is 1. The maximum absolute atomic E-state index is 12.2. The Hall–Kier alpha value is -2.08. The van der Waals surface area contributed by atoms with Crippen LogP contribution in [0.25, 0.3) is 10.6 Å². The van der Waals surface area contributed by atoms with Gasteiger partial charge < -0.3 is 10.1 Å². The Labute approximate surface area is 165 Å². The van der Waals surface area contributed by atoms with Crippen molar-refractivity contribution in [3.63, 3.8) is 0 Å². The summed E-state index contributed by atoms with van der Waals surface area (Å²) in [6.07, 6.45) is 0.173. The number of ether oxygens (including phenoxy) is 1. The Morgan fingerprint density at radius 3 is 2.65 bits per heavy atom. The fraction of sp³-hybridized carbons (Fsp3) is 0.158. The molecular formula is C19H16Cl2N2O2S. The summed E-state index contributed by atoms with van der Waals surface area (Å²) in [5, 5.41) is 6.44. The molecule has 26 heavy (non-hydrogen) atoms. The first kappa shape index (κ1) is 18.7. The number of amides is 1. The summed E-state index contributed by atoms with van der Waals surface area (Å²) in [5.74, 6) is 0.644. The predicted molar refractivity (Wildman–Crippen MR) is 108 cm³/mol. The van der Waals surface area contributed by atoms with Gasteiger partial charge >= 0.3 is 0 Å². The molecule has 3 aromatic rings. The summed E-state index contributed by atoms with van der Waals surface area (Å²) < 4.78 is 5.44. The molecule has 0 saturated heterocycles. The van der Waals surface area contributed by atoms with Gasteiger partial charge in [-0.3, -0.25) is 4.79 Å². The van der Waals surface area contributed by atoms with E-state index >= 15 is 0 Å². The minimum atomic E-state index is -0.183. The van der Waals surface area contributed by atoms with Crippen LogP contribution >= 0.6 is 34.5 Å². The SMILES string of the molecule is CCOc1ccc(-c2nc(CC(=O)Nc3ccc(Cl)cc3Cl)cs2)cc1. The maximum Gasteiger partial charge on any atom is 0.230 e. The van der Waals surface area contributed by atoms with E-state index in [1.165, 1.54) is 11.3 Å². The molecule has 134 valence electrons. The molecule has 0 spiro atoms. The number of rotatable bonds is 6. The molecule has 1 aromatic heterocycles. The first-order valence-electron chi connectivity index (χ1n) is 7.97. The van der Waals surface area contributed by atoms with Crippen LogP contribution in [0.1, 0.15) is 12.6 Å². The van der Waals surface area contributed by atoms with Crippen LogP contribution in [0.15, 0.2) is 47.8 Å². The minimum Gasteiger partial charge on any atom is -0.494 e. The molecule has 2 aromatic carbocycles. The average molecular weight is 407 g/mol. The molecule has 3 rings (SSSR count). The summed E-state index contributed by atoms with van der Waals surface area (Å²) in [6.45, 7) is 2.58. The third-order valence-corrected chi connectivity index (χ3v) is 5.00. The second-order valence-corrected chi connectivity index (χ2v) is 7.15. The van der Waals surface area contributed by atoms with Crippen LogP contribution in [0, 0.1) is 0 Å². The molecule has 1 amide bonds. The number of carbonyl (C=O) groups is 1. The molecule has 0 aliphatic rings. The highest BCUT2D eigenvalue weighted by atomic mass is 35.5. The quantitative estimate of drug-likeness (QED) is 0.571. The van der Waals surface area contributed by atoms with Gasteiger partial charge in [0.25, 0.3) is 0 Å². The first-order chi connectivity index (χ1) is 12.5. The van der Waals surface area contributed by atoms with Gasteiger partial charge in [-0.2, -0.15) is 0 Å². The fourth-order valence-electron chi connectivity index (χ4n) is 2.33. The van der Waals surface area contributed by atoms with Gasteiger partial charge in [0, 0.05) is 16.0 Å². The molecule has 0 bridgehead atoms. The number of nitrogens with zero attached hydrogens (tertiary/aromatic N) is 1. The summed E-state index contributed by atoms with van der Waals surface area (Å²) >= 11 is 13.4. The fourth-order valence-corrected chi connectivity index (χ4v) is 3.61. The summed E-state index contributed by atoms with van der Waals surface area (Å²) in [6, 6.07) is 12.7. The normalized spacial score (nSPS) is 10.6. The van der Waals surface area contributed by atoms with Crippen molar-refractivity contribution >= 4 is 46.1 Å². The molecule has 1 N–H and O–H groups in total. The highest BCUT2D eigenvalue weighted by molar-refractivity contribution is 7.13. The van der Waals surface area contributed by atoms with Crippen LogP contribution < -0.4 is 10.1 Å². The molecule has 0 unspecified atom stereocenters. The third kappa shape index (κ3) is 4.75. The van der Waals surface area contributed by atoms with Crippen molar-refractivity contribution in [1.29, 1.82) is 0 Å². The van der Waals surface area contributed by atoms with Crippen molar-refractivity contribution < 1.29 is 9.53 Å². The van der Waals surface area contributed by atoms with Crippen LogP contribution in [0.4, 0.5) is 5.69 Å². The van der Waals surface area contributed by atoms with E-state index in [2.05, 4.69) is 10.3 Å². The smallest absolute Gasteiger partial charge is 0.230 e. The monoisotopic (exact) mass is 406 g/mol. The zero-order valence-electron chi connectivity index (χ0n) is 14.0. The largest absolute Gasteiger partial charge is 0.494 e. The van der Waals surface area contributed by atoms with E-state index in [4.69, 9.17) is 27.9 Å². The Kier molecular flexibility index (Phi) is 6.14. The predicted octanol–water partition coefficient (Wildman–Crippen LogP) is 5.70. The number of aromatic nitrogens is 1. The number of nitrogens with one attached hydrogen (secondary N) is 1. The molecule has 0 atom stereocenters. The molecule has 0 aliphatic carbocycles. The Morgan fingerprint density at radius 1 is 1.19 bits per heavy atom. The topological polar surface area (TPSA) is 51.2 Å². The number of hydrogen-bond acceptors (Lipinski definition) is 4. The lowest BCUT2D eigenvalue weighted by molar-refractivity contribution is -0.115.